The standard InChI is InChI=1S/C32H38N10O4S/c1-22-34-26(36-30-33-16-25(17-43)47-30)15-27(35-22)39-13-11-38(12-14-39)9-2-3-29(45)41-20-32(21-41)18-40(19-32)23-4-6-24(7-5-23)42-10-8-28(44)37-31(42)46/h4-7,15-17H,2-3,8-14,18-21H2,1H3,(H,37,44,46)(H,33,34,35,36). The lowest BCUT2D eigenvalue weighted by Gasteiger charge is -2.61. The smallest absolute Gasteiger partial charge is 0.328 e. The minimum atomic E-state index is -0.375. The molecule has 7 rings (SSSR count). The maximum Gasteiger partial charge on any atom is 0.328 e. The molecule has 4 aliphatic rings. The molecule has 0 unspecified atom stereocenters. The number of benzene rings is 1. The van der Waals surface area contributed by atoms with Gasteiger partial charge < -0.3 is 20.0 Å². The molecule has 0 atom stereocenters. The number of piperazine rings is 1. The first-order valence-electron chi connectivity index (χ1n) is 16.0. The van der Waals surface area contributed by atoms with E-state index in [9.17, 15) is 19.2 Å². The lowest BCUT2D eigenvalue weighted by Crippen LogP contribution is -2.73. The number of amides is 4. The van der Waals surface area contributed by atoms with E-state index in [1.807, 2.05) is 42.2 Å². The lowest BCUT2D eigenvalue weighted by molar-refractivity contribution is -0.145. The van der Waals surface area contributed by atoms with Gasteiger partial charge in [0.1, 0.15) is 17.5 Å². The van der Waals surface area contributed by atoms with E-state index >= 15 is 0 Å². The number of aryl methyl sites for hydroxylation is 1. The molecule has 0 bridgehead atoms. The van der Waals surface area contributed by atoms with Crippen molar-refractivity contribution < 1.29 is 19.2 Å². The van der Waals surface area contributed by atoms with Crippen LogP contribution in [0.1, 0.15) is 34.8 Å². The topological polar surface area (TPSA) is 147 Å². The Morgan fingerprint density at radius 1 is 1.00 bits per heavy atom. The first-order valence-corrected chi connectivity index (χ1v) is 16.8. The predicted molar refractivity (Wildman–Crippen MR) is 179 cm³/mol. The van der Waals surface area contributed by atoms with Gasteiger partial charge in [0.2, 0.25) is 11.8 Å². The minimum absolute atomic E-state index is 0.186. The number of aromatic nitrogens is 3. The fourth-order valence-electron chi connectivity index (χ4n) is 6.84. The quantitative estimate of drug-likeness (QED) is 0.310. The van der Waals surface area contributed by atoms with Crippen LogP contribution in [0, 0.1) is 12.3 Å². The van der Waals surface area contributed by atoms with Crippen molar-refractivity contribution in [2.75, 3.05) is 85.5 Å². The van der Waals surface area contributed by atoms with E-state index in [1.165, 1.54) is 11.3 Å². The summed E-state index contributed by atoms with van der Waals surface area (Å²) in [6.07, 6.45) is 4.05. The van der Waals surface area contributed by atoms with Crippen LogP contribution >= 0.6 is 11.3 Å². The Balaban J connectivity index is 0.803. The van der Waals surface area contributed by atoms with Crippen molar-refractivity contribution in [1.29, 1.82) is 0 Å². The van der Waals surface area contributed by atoms with Crippen LogP contribution in [-0.2, 0) is 9.59 Å². The number of carbonyl (C=O) groups excluding carboxylic acids is 4. The highest BCUT2D eigenvalue weighted by Crippen LogP contribution is 2.42. The van der Waals surface area contributed by atoms with Crippen molar-refractivity contribution in [2.45, 2.75) is 26.2 Å². The molecule has 14 nitrogen and oxygen atoms in total. The van der Waals surface area contributed by atoms with Gasteiger partial charge in [-0.1, -0.05) is 11.3 Å². The van der Waals surface area contributed by atoms with Gasteiger partial charge in [0.15, 0.2) is 11.4 Å². The number of hydrogen-bond donors (Lipinski definition) is 2. The van der Waals surface area contributed by atoms with Crippen LogP contribution in [0.5, 0.6) is 0 Å². The van der Waals surface area contributed by atoms with Crippen molar-refractivity contribution in [3.05, 3.63) is 47.2 Å². The summed E-state index contributed by atoms with van der Waals surface area (Å²) in [5, 5.41) is 6.16. The summed E-state index contributed by atoms with van der Waals surface area (Å²) >= 11 is 1.28. The third kappa shape index (κ3) is 6.76. The number of anilines is 5. The van der Waals surface area contributed by atoms with E-state index < -0.39 is 0 Å². The molecule has 0 aliphatic carbocycles. The second-order valence-electron chi connectivity index (χ2n) is 12.8. The number of thiazole rings is 1. The molecular weight excluding hydrogens is 620 g/mol. The van der Waals surface area contributed by atoms with Crippen LogP contribution in [0.2, 0.25) is 0 Å². The monoisotopic (exact) mass is 658 g/mol. The van der Waals surface area contributed by atoms with Gasteiger partial charge in [0, 0.05) is 94.6 Å². The van der Waals surface area contributed by atoms with Gasteiger partial charge in [-0.25, -0.2) is 19.7 Å². The molecule has 0 radical (unpaired) electrons. The molecule has 2 N–H and O–H groups in total. The Hall–Kier alpha value is -4.63. The van der Waals surface area contributed by atoms with E-state index in [2.05, 4.69) is 40.3 Å². The Labute approximate surface area is 276 Å². The van der Waals surface area contributed by atoms with Gasteiger partial charge in [-0.2, -0.15) is 0 Å². The van der Waals surface area contributed by atoms with Crippen molar-refractivity contribution in [3.63, 3.8) is 0 Å². The molecule has 3 aromatic rings. The number of rotatable bonds is 10. The van der Waals surface area contributed by atoms with Crippen LogP contribution in [-0.4, -0.2) is 114 Å². The predicted octanol–water partition coefficient (Wildman–Crippen LogP) is 2.49. The van der Waals surface area contributed by atoms with Gasteiger partial charge in [-0.3, -0.25) is 29.5 Å². The summed E-state index contributed by atoms with van der Waals surface area (Å²) in [6, 6.07) is 9.44. The van der Waals surface area contributed by atoms with Gasteiger partial charge in [0.05, 0.1) is 11.1 Å². The number of hydrogen-bond acceptors (Lipinski definition) is 12. The summed E-state index contributed by atoms with van der Waals surface area (Å²) < 4.78 is 0. The Kier molecular flexibility index (Phi) is 8.49. The van der Waals surface area contributed by atoms with E-state index in [1.54, 1.807) is 11.1 Å². The molecule has 1 aromatic carbocycles. The van der Waals surface area contributed by atoms with Crippen molar-refractivity contribution in [1.82, 2.24) is 30.1 Å². The maximum absolute atomic E-state index is 12.9. The number of urea groups is 1. The second kappa shape index (κ2) is 12.9. The summed E-state index contributed by atoms with van der Waals surface area (Å²) in [7, 11) is 0. The van der Waals surface area contributed by atoms with Crippen LogP contribution in [0.3, 0.4) is 0 Å². The first kappa shape index (κ1) is 31.0. The Morgan fingerprint density at radius 3 is 2.45 bits per heavy atom. The van der Waals surface area contributed by atoms with Gasteiger partial charge in [0.25, 0.3) is 0 Å². The molecule has 6 heterocycles. The molecule has 47 heavy (non-hydrogen) atoms. The van der Waals surface area contributed by atoms with E-state index in [0.717, 1.165) is 88.8 Å². The van der Waals surface area contributed by atoms with Crippen LogP contribution < -0.4 is 25.3 Å². The number of imide groups is 1. The fraction of sp³-hybridized carbons (Fsp3) is 0.469. The maximum atomic E-state index is 12.9. The molecule has 15 heteroatoms. The lowest BCUT2D eigenvalue weighted by atomic mass is 9.72. The molecule has 1 spiro atoms. The first-order chi connectivity index (χ1) is 22.8. The number of nitrogens with one attached hydrogen (secondary N) is 2. The van der Waals surface area contributed by atoms with Crippen LogP contribution in [0.4, 0.5) is 32.9 Å². The van der Waals surface area contributed by atoms with Crippen molar-refractivity contribution in [3.8, 4) is 0 Å². The molecule has 4 fully saturated rings. The molecule has 4 saturated heterocycles. The zero-order valence-corrected chi connectivity index (χ0v) is 27.2. The zero-order chi connectivity index (χ0) is 32.5. The van der Waals surface area contributed by atoms with Gasteiger partial charge in [-0.05, 0) is 44.2 Å². The number of aldehydes is 1. The second-order valence-corrected chi connectivity index (χ2v) is 13.8. The average Bonchev–Trinajstić information content (AvgIpc) is 3.48. The number of carbonyl (C=O) groups is 4. The summed E-state index contributed by atoms with van der Waals surface area (Å²) in [6.45, 7) is 10.1. The van der Waals surface area contributed by atoms with Crippen molar-refractivity contribution >= 4 is 63.6 Å². The minimum Gasteiger partial charge on any atom is -0.370 e. The molecule has 246 valence electrons. The highest BCUT2D eigenvalue weighted by Gasteiger charge is 2.53. The molecule has 2 aromatic heterocycles. The van der Waals surface area contributed by atoms with E-state index in [4.69, 9.17) is 0 Å². The summed E-state index contributed by atoms with van der Waals surface area (Å²) in [5.74, 6) is 2.19. The number of nitrogens with zero attached hydrogens (tertiary/aromatic N) is 8. The molecule has 0 saturated carbocycles. The van der Waals surface area contributed by atoms with E-state index in [0.29, 0.717) is 41.0 Å². The molecular formula is C32H38N10O4S. The molecule has 4 amide bonds. The largest absolute Gasteiger partial charge is 0.370 e. The third-order valence-corrected chi connectivity index (χ3v) is 10.1. The third-order valence-electron chi connectivity index (χ3n) is 9.30. The normalized spacial score (nSPS) is 19.3. The fourth-order valence-corrected chi connectivity index (χ4v) is 7.48. The Bertz CT molecular complexity index is 1660. The average molecular weight is 659 g/mol. The highest BCUT2D eigenvalue weighted by molar-refractivity contribution is 7.17. The highest BCUT2D eigenvalue weighted by atomic mass is 32.1. The van der Waals surface area contributed by atoms with Crippen molar-refractivity contribution in [2.24, 2.45) is 5.41 Å². The zero-order valence-electron chi connectivity index (χ0n) is 26.4. The SMILES string of the molecule is Cc1nc(Nc2ncc(C=O)s2)cc(N2CCN(CCCC(=O)N3CC4(C3)CN(c3ccc(N5CCC(=O)NC5=O)cc3)C4)CC2)n1. The van der Waals surface area contributed by atoms with Gasteiger partial charge >= 0.3 is 6.03 Å². The van der Waals surface area contributed by atoms with Crippen LogP contribution in [0.15, 0.2) is 36.5 Å². The van der Waals surface area contributed by atoms with Crippen LogP contribution in [0.25, 0.3) is 0 Å². The van der Waals surface area contributed by atoms with E-state index in [-0.39, 0.29) is 23.3 Å². The number of likely N-dealkylation sites (tertiary alicyclic amines) is 1. The Morgan fingerprint density at radius 2 is 1.74 bits per heavy atom. The van der Waals surface area contributed by atoms with Gasteiger partial charge in [-0.15, -0.1) is 0 Å². The summed E-state index contributed by atoms with van der Waals surface area (Å²) in [5.41, 5.74) is 2.07. The summed E-state index contributed by atoms with van der Waals surface area (Å²) in [4.78, 5) is 71.9. The molecule has 4 aliphatic heterocycles.